The first-order valence-electron chi connectivity index (χ1n) is 6.09. The van der Waals surface area contributed by atoms with Crippen LogP contribution in [-0.2, 0) is 17.8 Å². The van der Waals surface area contributed by atoms with E-state index >= 15 is 0 Å². The van der Waals surface area contributed by atoms with Crippen LogP contribution in [0.4, 0.5) is 0 Å². The summed E-state index contributed by atoms with van der Waals surface area (Å²) in [6.45, 7) is 0.0636. The van der Waals surface area contributed by atoms with Crippen molar-refractivity contribution in [2.45, 2.75) is 13.0 Å². The minimum absolute atomic E-state index is 0.0636. The van der Waals surface area contributed by atoms with E-state index in [9.17, 15) is 4.79 Å². The number of aliphatic hydroxyl groups excluding tert-OH is 1. The zero-order chi connectivity index (χ0) is 13.7. The molecule has 0 saturated heterocycles. The van der Waals surface area contributed by atoms with Gasteiger partial charge in [0.1, 0.15) is 0 Å². The summed E-state index contributed by atoms with van der Waals surface area (Å²) in [5, 5.41) is 8.98. The molecule has 0 fully saturated rings. The molecule has 3 nitrogen and oxygen atoms in total. The maximum Gasteiger partial charge on any atom is 0.337 e. The predicted molar refractivity (Wildman–Crippen MR) is 73.0 cm³/mol. The number of benzene rings is 2. The molecule has 3 heteroatoms. The average Bonchev–Trinajstić information content (AvgIpc) is 2.48. The van der Waals surface area contributed by atoms with Crippen molar-refractivity contribution < 1.29 is 14.6 Å². The normalized spacial score (nSPS) is 10.2. The van der Waals surface area contributed by atoms with E-state index in [2.05, 4.69) is 4.74 Å². The average molecular weight is 256 g/mol. The van der Waals surface area contributed by atoms with Crippen LogP contribution in [0.2, 0.25) is 0 Å². The molecule has 0 amide bonds. The van der Waals surface area contributed by atoms with Crippen molar-refractivity contribution in [2.75, 3.05) is 7.11 Å². The minimum Gasteiger partial charge on any atom is -0.465 e. The van der Waals surface area contributed by atoms with Gasteiger partial charge in [-0.05, 0) is 35.2 Å². The fourth-order valence-corrected chi connectivity index (χ4v) is 1.87. The summed E-state index contributed by atoms with van der Waals surface area (Å²) >= 11 is 0. The summed E-state index contributed by atoms with van der Waals surface area (Å²) in [6.07, 6.45) is 0.799. The van der Waals surface area contributed by atoms with E-state index in [4.69, 9.17) is 5.11 Å². The summed E-state index contributed by atoms with van der Waals surface area (Å²) in [5.74, 6) is -0.321. The maximum atomic E-state index is 11.3. The maximum absolute atomic E-state index is 11.3. The second kappa shape index (κ2) is 6.16. The number of methoxy groups -OCH3 is 1. The second-order valence-corrected chi connectivity index (χ2v) is 4.34. The van der Waals surface area contributed by atoms with E-state index in [1.807, 2.05) is 36.4 Å². The minimum atomic E-state index is -0.321. The molecule has 0 atom stereocenters. The van der Waals surface area contributed by atoms with E-state index < -0.39 is 0 Å². The standard InChI is InChI=1S/C16H16O3/c1-19-16(18)15-8-6-13(7-9-15)10-12-2-4-14(11-17)5-3-12/h2-9,17H,10-11H2,1H3. The Hall–Kier alpha value is -2.13. The zero-order valence-corrected chi connectivity index (χ0v) is 10.8. The van der Waals surface area contributed by atoms with Crippen LogP contribution >= 0.6 is 0 Å². The molecule has 2 rings (SSSR count). The van der Waals surface area contributed by atoms with Gasteiger partial charge in [0, 0.05) is 0 Å². The monoisotopic (exact) mass is 256 g/mol. The van der Waals surface area contributed by atoms with Crippen molar-refractivity contribution in [3.05, 3.63) is 70.8 Å². The molecule has 0 aliphatic heterocycles. The first-order chi connectivity index (χ1) is 9.22. The first-order valence-corrected chi connectivity index (χ1v) is 6.09. The van der Waals surface area contributed by atoms with Crippen molar-refractivity contribution in [1.29, 1.82) is 0 Å². The van der Waals surface area contributed by atoms with Crippen LogP contribution in [0.5, 0.6) is 0 Å². The SMILES string of the molecule is COC(=O)c1ccc(Cc2ccc(CO)cc2)cc1. The number of esters is 1. The summed E-state index contributed by atoms with van der Waals surface area (Å²) in [7, 11) is 1.37. The molecular formula is C16H16O3. The number of rotatable bonds is 4. The number of hydrogen-bond acceptors (Lipinski definition) is 3. The summed E-state index contributed by atoms with van der Waals surface area (Å²) in [6, 6.07) is 15.2. The van der Waals surface area contributed by atoms with Gasteiger partial charge in [0.15, 0.2) is 0 Å². The third kappa shape index (κ3) is 3.42. The van der Waals surface area contributed by atoms with Crippen molar-refractivity contribution >= 4 is 5.97 Å². The van der Waals surface area contributed by atoms with Gasteiger partial charge in [0.2, 0.25) is 0 Å². The summed E-state index contributed by atoms with van der Waals surface area (Å²) in [4.78, 5) is 11.3. The highest BCUT2D eigenvalue weighted by atomic mass is 16.5. The second-order valence-electron chi connectivity index (χ2n) is 4.34. The summed E-state index contributed by atoms with van der Waals surface area (Å²) < 4.78 is 4.66. The lowest BCUT2D eigenvalue weighted by molar-refractivity contribution is 0.0600. The number of aliphatic hydroxyl groups is 1. The smallest absolute Gasteiger partial charge is 0.337 e. The highest BCUT2D eigenvalue weighted by molar-refractivity contribution is 5.89. The van der Waals surface area contributed by atoms with Crippen molar-refractivity contribution in [1.82, 2.24) is 0 Å². The van der Waals surface area contributed by atoms with Crippen molar-refractivity contribution in [3.63, 3.8) is 0 Å². The Labute approximate surface area is 112 Å². The first kappa shape index (κ1) is 13.3. The van der Waals surface area contributed by atoms with Gasteiger partial charge in [-0.25, -0.2) is 4.79 Å². The van der Waals surface area contributed by atoms with Crippen LogP contribution in [0.3, 0.4) is 0 Å². The molecule has 2 aromatic rings. The van der Waals surface area contributed by atoms with Crippen LogP contribution in [0, 0.1) is 0 Å². The fraction of sp³-hybridized carbons (Fsp3) is 0.188. The molecule has 2 aromatic carbocycles. The quantitative estimate of drug-likeness (QED) is 0.855. The van der Waals surface area contributed by atoms with Gasteiger partial charge in [-0.1, -0.05) is 36.4 Å². The van der Waals surface area contributed by atoms with Crippen LogP contribution in [0.15, 0.2) is 48.5 Å². The molecule has 0 radical (unpaired) electrons. The Kier molecular flexibility index (Phi) is 4.31. The largest absolute Gasteiger partial charge is 0.465 e. The summed E-state index contributed by atoms with van der Waals surface area (Å²) in [5.41, 5.74) is 3.76. The van der Waals surface area contributed by atoms with E-state index in [1.165, 1.54) is 12.7 Å². The third-order valence-electron chi connectivity index (χ3n) is 2.99. The number of ether oxygens (including phenoxy) is 1. The molecule has 0 bridgehead atoms. The van der Waals surface area contributed by atoms with Gasteiger partial charge < -0.3 is 9.84 Å². The lowest BCUT2D eigenvalue weighted by Gasteiger charge is -2.04. The fourth-order valence-electron chi connectivity index (χ4n) is 1.87. The molecular weight excluding hydrogens is 240 g/mol. The predicted octanol–water partition coefficient (Wildman–Crippen LogP) is 2.56. The van der Waals surface area contributed by atoms with E-state index in [0.717, 1.165) is 17.5 Å². The Morgan fingerprint density at radius 2 is 1.42 bits per heavy atom. The van der Waals surface area contributed by atoms with Gasteiger partial charge in [0.25, 0.3) is 0 Å². The van der Waals surface area contributed by atoms with Gasteiger partial charge in [-0.2, -0.15) is 0 Å². The molecule has 0 spiro atoms. The van der Waals surface area contributed by atoms with E-state index in [-0.39, 0.29) is 12.6 Å². The van der Waals surface area contributed by atoms with Crippen LogP contribution in [-0.4, -0.2) is 18.2 Å². The van der Waals surface area contributed by atoms with Gasteiger partial charge in [-0.15, -0.1) is 0 Å². The topological polar surface area (TPSA) is 46.5 Å². The highest BCUT2D eigenvalue weighted by Gasteiger charge is 2.04. The molecule has 0 saturated carbocycles. The Morgan fingerprint density at radius 1 is 0.947 bits per heavy atom. The number of carbonyl (C=O) groups excluding carboxylic acids is 1. The molecule has 19 heavy (non-hydrogen) atoms. The molecule has 0 heterocycles. The van der Waals surface area contributed by atoms with Crippen LogP contribution < -0.4 is 0 Å². The Bertz CT molecular complexity index is 541. The third-order valence-corrected chi connectivity index (χ3v) is 2.99. The Balaban J connectivity index is 2.08. The van der Waals surface area contributed by atoms with Crippen LogP contribution in [0.25, 0.3) is 0 Å². The van der Waals surface area contributed by atoms with E-state index in [1.54, 1.807) is 12.1 Å². The molecule has 98 valence electrons. The van der Waals surface area contributed by atoms with E-state index in [0.29, 0.717) is 5.56 Å². The lowest BCUT2D eigenvalue weighted by atomic mass is 10.0. The number of hydrogen-bond donors (Lipinski definition) is 1. The van der Waals surface area contributed by atoms with Gasteiger partial charge >= 0.3 is 5.97 Å². The molecule has 0 aliphatic rings. The van der Waals surface area contributed by atoms with Crippen molar-refractivity contribution in [3.8, 4) is 0 Å². The molecule has 1 N–H and O–H groups in total. The van der Waals surface area contributed by atoms with Gasteiger partial charge in [0.05, 0.1) is 19.3 Å². The zero-order valence-electron chi connectivity index (χ0n) is 10.8. The van der Waals surface area contributed by atoms with Crippen molar-refractivity contribution in [2.24, 2.45) is 0 Å². The lowest BCUT2D eigenvalue weighted by Crippen LogP contribution is -2.01. The van der Waals surface area contributed by atoms with Gasteiger partial charge in [-0.3, -0.25) is 0 Å². The highest BCUT2D eigenvalue weighted by Crippen LogP contribution is 2.12. The number of carbonyl (C=O) groups is 1. The molecule has 0 aromatic heterocycles. The van der Waals surface area contributed by atoms with Crippen LogP contribution in [0.1, 0.15) is 27.0 Å². The Morgan fingerprint density at radius 3 is 1.89 bits per heavy atom. The molecule has 0 aliphatic carbocycles. The molecule has 0 unspecified atom stereocenters.